The minimum Gasteiger partial charge on any atom is -0.456 e. The predicted molar refractivity (Wildman–Crippen MR) is 129 cm³/mol. The van der Waals surface area contributed by atoms with Gasteiger partial charge in [-0.15, -0.1) is 5.10 Å². The van der Waals surface area contributed by atoms with Crippen LogP contribution in [0, 0.1) is 18.3 Å². The zero-order valence-electron chi connectivity index (χ0n) is 19.0. The van der Waals surface area contributed by atoms with Crippen LogP contribution in [0.2, 0.25) is 0 Å². The number of nitrogen functional groups attached to an aromatic ring is 1. The first-order valence-electron chi connectivity index (χ1n) is 10.7. The lowest BCUT2D eigenvalue weighted by atomic mass is 9.98. The minimum atomic E-state index is -0.164. The van der Waals surface area contributed by atoms with Gasteiger partial charge >= 0.3 is 6.01 Å². The van der Waals surface area contributed by atoms with Gasteiger partial charge in [0.25, 0.3) is 0 Å². The van der Waals surface area contributed by atoms with Gasteiger partial charge in [-0.05, 0) is 31.2 Å². The van der Waals surface area contributed by atoms with Crippen molar-refractivity contribution in [3.05, 3.63) is 88.1 Å². The lowest BCUT2D eigenvalue weighted by molar-refractivity contribution is 0.277. The molecule has 5 aromatic rings. The van der Waals surface area contributed by atoms with Crippen LogP contribution < -0.4 is 16.0 Å². The predicted octanol–water partition coefficient (Wildman–Crippen LogP) is 2.89. The van der Waals surface area contributed by atoms with E-state index in [1.54, 1.807) is 37.5 Å². The maximum Gasteiger partial charge on any atom is 0.336 e. The molecule has 35 heavy (non-hydrogen) atoms. The second-order valence-corrected chi connectivity index (χ2v) is 7.91. The molecule has 0 saturated carbocycles. The summed E-state index contributed by atoms with van der Waals surface area (Å²) >= 11 is 0. The summed E-state index contributed by atoms with van der Waals surface area (Å²) in [5, 5.41) is 14.1. The molecule has 0 amide bonds. The van der Waals surface area contributed by atoms with E-state index < -0.39 is 0 Å². The first-order valence-corrected chi connectivity index (χ1v) is 10.7. The van der Waals surface area contributed by atoms with Crippen LogP contribution in [0.4, 0.5) is 5.95 Å². The largest absolute Gasteiger partial charge is 0.456 e. The van der Waals surface area contributed by atoms with Gasteiger partial charge in [-0.3, -0.25) is 9.78 Å². The first-order chi connectivity index (χ1) is 16.9. The van der Waals surface area contributed by atoms with Crippen LogP contribution in [0.15, 0.2) is 65.6 Å². The molecule has 0 bridgehead atoms. The highest BCUT2D eigenvalue weighted by atomic mass is 16.5. The number of benzene rings is 1. The van der Waals surface area contributed by atoms with E-state index in [4.69, 9.17) is 10.5 Å². The van der Waals surface area contributed by atoms with Gasteiger partial charge in [0.2, 0.25) is 11.5 Å². The van der Waals surface area contributed by atoms with E-state index in [9.17, 15) is 10.1 Å². The number of nitrogens with two attached hydrogens (primary N) is 1. The second-order valence-electron chi connectivity index (χ2n) is 7.91. The Hall–Kier alpha value is -5.04. The highest BCUT2D eigenvalue weighted by Gasteiger charge is 2.22. The van der Waals surface area contributed by atoms with Crippen molar-refractivity contribution in [3.8, 4) is 34.5 Å². The third-order valence-corrected chi connectivity index (χ3v) is 5.46. The molecule has 4 heterocycles. The summed E-state index contributed by atoms with van der Waals surface area (Å²) in [5.41, 5.74) is 10.8. The molecule has 172 valence electrons. The Kier molecular flexibility index (Phi) is 5.43. The molecule has 4 aromatic heterocycles. The molecule has 2 N–H and O–H groups in total. The number of aryl methyl sites for hydroxylation is 2. The van der Waals surface area contributed by atoms with E-state index in [1.807, 2.05) is 31.2 Å². The fourth-order valence-corrected chi connectivity index (χ4v) is 3.81. The number of hydrogen-bond acceptors (Lipinski definition) is 8. The van der Waals surface area contributed by atoms with Gasteiger partial charge in [0.05, 0.1) is 28.6 Å². The number of fused-ring (bicyclic) bond motifs is 1. The quantitative estimate of drug-likeness (QED) is 0.419. The molecule has 0 fully saturated rings. The van der Waals surface area contributed by atoms with Gasteiger partial charge in [-0.25, -0.2) is 4.98 Å². The number of anilines is 1. The Morgan fingerprint density at radius 2 is 1.89 bits per heavy atom. The van der Waals surface area contributed by atoms with Crippen LogP contribution in [0.3, 0.4) is 0 Å². The first kappa shape index (κ1) is 21.8. The Bertz CT molecular complexity index is 1680. The van der Waals surface area contributed by atoms with Gasteiger partial charge in [-0.1, -0.05) is 24.3 Å². The van der Waals surface area contributed by atoms with Crippen molar-refractivity contribution in [2.24, 2.45) is 7.05 Å². The smallest absolute Gasteiger partial charge is 0.336 e. The molecule has 10 heteroatoms. The van der Waals surface area contributed by atoms with Crippen molar-refractivity contribution in [2.75, 3.05) is 5.73 Å². The summed E-state index contributed by atoms with van der Waals surface area (Å²) in [4.78, 5) is 25.7. The summed E-state index contributed by atoms with van der Waals surface area (Å²) in [6.45, 7) is 2.07. The molecular formula is C25H20N8O2. The monoisotopic (exact) mass is 464 g/mol. The topological polar surface area (TPSA) is 137 Å². The molecule has 5 rings (SSSR count). The summed E-state index contributed by atoms with van der Waals surface area (Å²) in [7, 11) is 1.66. The number of ether oxygens (including phenoxy) is 1. The Morgan fingerprint density at radius 3 is 2.66 bits per heavy atom. The van der Waals surface area contributed by atoms with Crippen molar-refractivity contribution in [1.82, 2.24) is 29.1 Å². The average molecular weight is 464 g/mol. The van der Waals surface area contributed by atoms with Crippen molar-refractivity contribution in [3.63, 3.8) is 0 Å². The molecule has 0 unspecified atom stereocenters. The van der Waals surface area contributed by atoms with E-state index in [1.165, 1.54) is 15.1 Å². The number of nitrogens with zero attached hydrogens (tertiary/aromatic N) is 7. The molecule has 0 spiro atoms. The average Bonchev–Trinajstić information content (AvgIpc) is 3.29. The zero-order valence-corrected chi connectivity index (χ0v) is 19.0. The van der Waals surface area contributed by atoms with Crippen molar-refractivity contribution >= 4 is 11.6 Å². The van der Waals surface area contributed by atoms with Crippen LogP contribution in [-0.2, 0) is 13.7 Å². The van der Waals surface area contributed by atoms with Crippen LogP contribution in [0.1, 0.15) is 17.0 Å². The Morgan fingerprint density at radius 1 is 1.06 bits per heavy atom. The van der Waals surface area contributed by atoms with Crippen LogP contribution >= 0.6 is 0 Å². The molecule has 0 saturated heterocycles. The lowest BCUT2D eigenvalue weighted by Gasteiger charge is -2.13. The molecule has 0 radical (unpaired) electrons. The molecule has 0 aliphatic heterocycles. The molecule has 10 nitrogen and oxygen atoms in total. The van der Waals surface area contributed by atoms with Crippen LogP contribution in [0.25, 0.3) is 28.0 Å². The van der Waals surface area contributed by atoms with Gasteiger partial charge < -0.3 is 15.0 Å². The highest BCUT2D eigenvalue weighted by Crippen LogP contribution is 2.36. The second kappa shape index (κ2) is 8.72. The van der Waals surface area contributed by atoms with Crippen molar-refractivity contribution in [2.45, 2.75) is 13.5 Å². The van der Waals surface area contributed by atoms with E-state index in [0.29, 0.717) is 33.6 Å². The summed E-state index contributed by atoms with van der Waals surface area (Å²) in [5.74, 6) is 0.0762. The SMILES string of the molecule is Cc1cccc(COc2nc3c(-c4ccc(=O)n(C)c4)c(-c4ccccc4C#N)nc(N)n3n2)n1. The van der Waals surface area contributed by atoms with Gasteiger partial charge in [-0.2, -0.15) is 14.8 Å². The number of pyridine rings is 2. The highest BCUT2D eigenvalue weighted by molar-refractivity contribution is 5.91. The lowest BCUT2D eigenvalue weighted by Crippen LogP contribution is -2.14. The zero-order chi connectivity index (χ0) is 24.5. The molecule has 0 atom stereocenters. The maximum absolute atomic E-state index is 12.0. The number of nitriles is 1. The third kappa shape index (κ3) is 4.06. The molecule has 0 aliphatic carbocycles. The van der Waals surface area contributed by atoms with E-state index in [0.717, 1.165) is 11.4 Å². The van der Waals surface area contributed by atoms with Crippen LogP contribution in [0.5, 0.6) is 6.01 Å². The van der Waals surface area contributed by atoms with Crippen molar-refractivity contribution < 1.29 is 4.74 Å². The van der Waals surface area contributed by atoms with Gasteiger partial charge in [0.1, 0.15) is 6.61 Å². The molecule has 0 aliphatic rings. The Labute approximate surface area is 199 Å². The molecular weight excluding hydrogens is 444 g/mol. The van der Waals surface area contributed by atoms with E-state index in [2.05, 4.69) is 26.1 Å². The summed E-state index contributed by atoms with van der Waals surface area (Å²) < 4.78 is 8.66. The van der Waals surface area contributed by atoms with Gasteiger partial charge in [0, 0.05) is 36.1 Å². The van der Waals surface area contributed by atoms with Crippen molar-refractivity contribution in [1.29, 1.82) is 5.26 Å². The van der Waals surface area contributed by atoms with Crippen LogP contribution in [-0.4, -0.2) is 29.1 Å². The fraction of sp³-hybridized carbons (Fsp3) is 0.120. The number of hydrogen-bond donors (Lipinski definition) is 1. The maximum atomic E-state index is 12.0. The Balaban J connectivity index is 1.71. The fourth-order valence-electron chi connectivity index (χ4n) is 3.81. The normalized spacial score (nSPS) is 10.9. The molecule has 1 aromatic carbocycles. The summed E-state index contributed by atoms with van der Waals surface area (Å²) in [6, 6.07) is 18.2. The summed E-state index contributed by atoms with van der Waals surface area (Å²) in [6.07, 6.45) is 1.68. The van der Waals surface area contributed by atoms with E-state index in [-0.39, 0.29) is 24.1 Å². The third-order valence-electron chi connectivity index (χ3n) is 5.46. The number of rotatable bonds is 5. The minimum absolute atomic E-state index is 0.0762. The van der Waals surface area contributed by atoms with Gasteiger partial charge in [0.15, 0.2) is 5.65 Å². The van der Waals surface area contributed by atoms with E-state index >= 15 is 0 Å². The standard InChI is InChI=1S/C25H20N8O2/c1-15-6-5-8-18(28-15)14-35-25-30-23-21(17-10-11-20(34)32(2)13-17)22(29-24(27)33(23)31-25)19-9-4-3-7-16(19)12-26/h3-11,13H,14H2,1-2H3,(H2,27,29). The number of aromatic nitrogens is 6.